The topological polar surface area (TPSA) is 91.3 Å². The number of piperidine rings is 1. The van der Waals surface area contributed by atoms with E-state index in [1.54, 1.807) is 6.92 Å². The van der Waals surface area contributed by atoms with Gasteiger partial charge in [-0.2, -0.15) is 0 Å². The fourth-order valence-corrected chi connectivity index (χ4v) is 5.24. The van der Waals surface area contributed by atoms with E-state index in [1.807, 2.05) is 30.7 Å². The molecule has 0 bridgehead atoms. The summed E-state index contributed by atoms with van der Waals surface area (Å²) in [6, 6.07) is -0.142. The monoisotopic (exact) mass is 428 g/mol. The molecule has 0 aromatic carbocycles. The molecule has 4 heterocycles. The van der Waals surface area contributed by atoms with Crippen LogP contribution in [0.2, 0.25) is 0 Å². The number of hydrogen-bond acceptors (Lipinski definition) is 7. The smallest absolute Gasteiger partial charge is 0.266 e. The molecular formula is C21H28N6O2S. The third kappa shape index (κ3) is 3.78. The van der Waals surface area contributed by atoms with Gasteiger partial charge in [0.05, 0.1) is 29.0 Å². The summed E-state index contributed by atoms with van der Waals surface area (Å²) in [6.45, 7) is 7.30. The Morgan fingerprint density at radius 3 is 2.60 bits per heavy atom. The van der Waals surface area contributed by atoms with Gasteiger partial charge in [0, 0.05) is 39.0 Å². The summed E-state index contributed by atoms with van der Waals surface area (Å²) in [5.74, 6) is 1.54. The maximum atomic E-state index is 13.4. The van der Waals surface area contributed by atoms with Crippen LogP contribution in [0, 0.1) is 13.8 Å². The van der Waals surface area contributed by atoms with Crippen molar-refractivity contribution in [2.45, 2.75) is 59.0 Å². The first-order valence-electron chi connectivity index (χ1n) is 10.5. The van der Waals surface area contributed by atoms with Crippen LogP contribution in [0.15, 0.2) is 0 Å². The average molecular weight is 429 g/mol. The Kier molecular flexibility index (Phi) is 5.73. The lowest BCUT2D eigenvalue weighted by atomic mass is 9.99. The quantitative estimate of drug-likeness (QED) is 0.808. The minimum atomic E-state index is -0.142. The molecular weight excluding hydrogens is 400 g/mol. The standard InChI is InChI=1S/C21H28N6O2S/c1-12-18(30-13(2)23-12)21(29)27-9-6-5-7-17(27)20-24-16-8-10-26(14(3)28)11-15(16)19(22-4)25-20/h17H,5-11H2,1-4H3,(H,22,24,25)/t17-/m1/s1. The van der Waals surface area contributed by atoms with E-state index in [0.29, 0.717) is 36.8 Å². The van der Waals surface area contributed by atoms with Gasteiger partial charge in [0.15, 0.2) is 5.82 Å². The Morgan fingerprint density at radius 1 is 1.13 bits per heavy atom. The highest BCUT2D eigenvalue weighted by Crippen LogP contribution is 2.34. The number of carbonyl (C=O) groups excluding carboxylic acids is 2. The Balaban J connectivity index is 1.68. The predicted molar refractivity (Wildman–Crippen MR) is 116 cm³/mol. The van der Waals surface area contributed by atoms with Crippen LogP contribution in [-0.2, 0) is 17.8 Å². The molecule has 4 rings (SSSR count). The molecule has 9 heteroatoms. The van der Waals surface area contributed by atoms with E-state index < -0.39 is 0 Å². The lowest BCUT2D eigenvalue weighted by Gasteiger charge is -2.36. The molecule has 0 aliphatic carbocycles. The van der Waals surface area contributed by atoms with Gasteiger partial charge in [-0.1, -0.05) is 0 Å². The molecule has 2 aromatic heterocycles. The number of nitrogens with one attached hydrogen (secondary N) is 1. The molecule has 160 valence electrons. The van der Waals surface area contributed by atoms with E-state index in [2.05, 4.69) is 10.3 Å². The molecule has 2 aliphatic rings. The van der Waals surface area contributed by atoms with Crippen molar-refractivity contribution in [2.24, 2.45) is 0 Å². The second kappa shape index (κ2) is 8.29. The minimum Gasteiger partial charge on any atom is -0.373 e. The second-order valence-electron chi connectivity index (χ2n) is 7.95. The third-order valence-electron chi connectivity index (χ3n) is 5.92. The molecule has 1 saturated heterocycles. The fraction of sp³-hybridized carbons (Fsp3) is 0.571. The molecule has 0 radical (unpaired) electrons. The molecule has 0 unspecified atom stereocenters. The molecule has 1 atom stereocenters. The van der Waals surface area contributed by atoms with Gasteiger partial charge in [0.2, 0.25) is 5.91 Å². The number of aromatic nitrogens is 3. The molecule has 8 nitrogen and oxygen atoms in total. The Hall–Kier alpha value is -2.55. The summed E-state index contributed by atoms with van der Waals surface area (Å²) in [7, 11) is 1.84. The van der Waals surface area contributed by atoms with E-state index in [4.69, 9.17) is 9.97 Å². The zero-order valence-electron chi connectivity index (χ0n) is 18.0. The number of aryl methyl sites for hydroxylation is 2. The number of anilines is 1. The van der Waals surface area contributed by atoms with Crippen molar-refractivity contribution in [3.05, 3.63) is 32.7 Å². The first-order valence-corrected chi connectivity index (χ1v) is 11.3. The van der Waals surface area contributed by atoms with E-state index in [9.17, 15) is 9.59 Å². The molecule has 1 N–H and O–H groups in total. The maximum Gasteiger partial charge on any atom is 0.266 e. The lowest BCUT2D eigenvalue weighted by molar-refractivity contribution is -0.129. The van der Waals surface area contributed by atoms with E-state index in [-0.39, 0.29) is 17.9 Å². The summed E-state index contributed by atoms with van der Waals surface area (Å²) < 4.78 is 0. The van der Waals surface area contributed by atoms with Crippen molar-refractivity contribution in [1.29, 1.82) is 0 Å². The van der Waals surface area contributed by atoms with E-state index in [0.717, 1.165) is 47.0 Å². The molecule has 30 heavy (non-hydrogen) atoms. The van der Waals surface area contributed by atoms with Crippen LogP contribution >= 0.6 is 11.3 Å². The number of rotatable bonds is 3. The molecule has 2 aliphatic heterocycles. The predicted octanol–water partition coefficient (Wildman–Crippen LogP) is 2.86. The molecule has 2 amide bonds. The van der Waals surface area contributed by atoms with Crippen LogP contribution in [-0.4, -0.2) is 56.7 Å². The number of nitrogens with zero attached hydrogens (tertiary/aromatic N) is 5. The molecule has 2 aromatic rings. The van der Waals surface area contributed by atoms with Crippen molar-refractivity contribution >= 4 is 29.0 Å². The van der Waals surface area contributed by atoms with Gasteiger partial charge in [-0.25, -0.2) is 15.0 Å². The summed E-state index contributed by atoms with van der Waals surface area (Å²) in [5.41, 5.74) is 2.74. The van der Waals surface area contributed by atoms with Gasteiger partial charge in [-0.3, -0.25) is 9.59 Å². The molecule has 0 saturated carbocycles. The number of thiazole rings is 1. The van der Waals surface area contributed by atoms with Gasteiger partial charge in [0.25, 0.3) is 5.91 Å². The summed E-state index contributed by atoms with van der Waals surface area (Å²) >= 11 is 1.45. The van der Waals surface area contributed by atoms with Gasteiger partial charge in [-0.05, 0) is 33.1 Å². The SMILES string of the molecule is CNc1nc([C@H]2CCCCN2C(=O)c2sc(C)nc2C)nc2c1CN(C(C)=O)CC2. The Labute approximate surface area is 180 Å². The normalized spacial score (nSPS) is 18.9. The lowest BCUT2D eigenvalue weighted by Crippen LogP contribution is -2.40. The summed E-state index contributed by atoms with van der Waals surface area (Å²) in [4.78, 5) is 43.8. The van der Waals surface area contributed by atoms with Crippen molar-refractivity contribution in [2.75, 3.05) is 25.5 Å². The van der Waals surface area contributed by atoms with Crippen LogP contribution in [0.5, 0.6) is 0 Å². The Bertz CT molecular complexity index is 971. The zero-order chi connectivity index (χ0) is 21.4. The highest BCUT2D eigenvalue weighted by atomic mass is 32.1. The van der Waals surface area contributed by atoms with E-state index >= 15 is 0 Å². The number of likely N-dealkylation sites (tertiary alicyclic amines) is 1. The van der Waals surface area contributed by atoms with Crippen LogP contribution in [0.3, 0.4) is 0 Å². The van der Waals surface area contributed by atoms with Gasteiger partial charge in [-0.15, -0.1) is 11.3 Å². The Morgan fingerprint density at radius 2 is 1.93 bits per heavy atom. The van der Waals surface area contributed by atoms with Crippen molar-refractivity contribution in [3.8, 4) is 0 Å². The second-order valence-corrected chi connectivity index (χ2v) is 9.16. The first-order chi connectivity index (χ1) is 14.4. The van der Waals surface area contributed by atoms with Crippen LogP contribution in [0.25, 0.3) is 0 Å². The zero-order valence-corrected chi connectivity index (χ0v) is 18.8. The summed E-state index contributed by atoms with van der Waals surface area (Å²) in [5, 5.41) is 4.09. The maximum absolute atomic E-state index is 13.4. The minimum absolute atomic E-state index is 0.0258. The van der Waals surface area contributed by atoms with Crippen molar-refractivity contribution in [3.63, 3.8) is 0 Å². The molecule has 1 fully saturated rings. The molecule has 0 spiro atoms. The highest BCUT2D eigenvalue weighted by molar-refractivity contribution is 7.13. The highest BCUT2D eigenvalue weighted by Gasteiger charge is 2.34. The number of hydrogen-bond donors (Lipinski definition) is 1. The van der Waals surface area contributed by atoms with Crippen molar-refractivity contribution < 1.29 is 9.59 Å². The summed E-state index contributed by atoms with van der Waals surface area (Å²) in [6.07, 6.45) is 3.58. The van der Waals surface area contributed by atoms with Gasteiger partial charge < -0.3 is 15.1 Å². The van der Waals surface area contributed by atoms with E-state index in [1.165, 1.54) is 11.3 Å². The largest absolute Gasteiger partial charge is 0.373 e. The van der Waals surface area contributed by atoms with Gasteiger partial charge in [0.1, 0.15) is 10.7 Å². The number of amides is 2. The average Bonchev–Trinajstić information content (AvgIpc) is 3.09. The number of carbonyl (C=O) groups is 2. The van der Waals surface area contributed by atoms with Crippen LogP contribution in [0.1, 0.15) is 69.7 Å². The number of fused-ring (bicyclic) bond motifs is 1. The first kappa shape index (κ1) is 20.7. The third-order valence-corrected chi connectivity index (χ3v) is 6.98. The van der Waals surface area contributed by atoms with Crippen LogP contribution < -0.4 is 5.32 Å². The fourth-order valence-electron chi connectivity index (χ4n) is 4.36. The van der Waals surface area contributed by atoms with Crippen molar-refractivity contribution in [1.82, 2.24) is 24.8 Å². The van der Waals surface area contributed by atoms with Crippen LogP contribution in [0.4, 0.5) is 5.82 Å². The van der Waals surface area contributed by atoms with Gasteiger partial charge >= 0.3 is 0 Å².